The van der Waals surface area contributed by atoms with Gasteiger partial charge >= 0.3 is 5.97 Å². The Labute approximate surface area is 249 Å². The van der Waals surface area contributed by atoms with Crippen LogP contribution in [0.4, 0.5) is 5.69 Å². The van der Waals surface area contributed by atoms with Gasteiger partial charge in [0.1, 0.15) is 11.8 Å². The predicted octanol–water partition coefficient (Wildman–Crippen LogP) is 4.21. The summed E-state index contributed by atoms with van der Waals surface area (Å²) in [5, 5.41) is 10.3. The van der Waals surface area contributed by atoms with Crippen molar-refractivity contribution in [2.75, 3.05) is 31.8 Å². The lowest BCUT2D eigenvalue weighted by atomic mass is 9.71. The molecule has 1 aromatic rings. The second-order valence-corrected chi connectivity index (χ2v) is 13.7. The Morgan fingerprint density at radius 1 is 1.27 bits per heavy atom. The average Bonchev–Trinajstić information content (AvgIpc) is 3.53. The monoisotopic (exact) mass is 634 g/mol. The summed E-state index contributed by atoms with van der Waals surface area (Å²) in [6.45, 7) is 11.6. The minimum absolute atomic E-state index is 0.0667. The van der Waals surface area contributed by atoms with E-state index in [2.05, 4.69) is 29.1 Å². The van der Waals surface area contributed by atoms with E-state index in [-0.39, 0.29) is 47.6 Å². The highest BCUT2D eigenvalue weighted by atomic mass is 79.9. The second-order valence-electron chi connectivity index (χ2n) is 10.9. The van der Waals surface area contributed by atoms with Gasteiger partial charge in [0.25, 0.3) is 5.91 Å². The lowest BCUT2D eigenvalue weighted by molar-refractivity contribution is -0.154. The van der Waals surface area contributed by atoms with Crippen LogP contribution in [0.15, 0.2) is 49.6 Å². The number of aliphatic hydroxyl groups excluding tert-OH is 1. The number of esters is 1. The zero-order valence-corrected chi connectivity index (χ0v) is 25.7. The van der Waals surface area contributed by atoms with Crippen molar-refractivity contribution in [3.05, 3.63) is 49.6 Å². The van der Waals surface area contributed by atoms with Crippen molar-refractivity contribution < 1.29 is 29.0 Å². The Bertz CT molecular complexity index is 1130. The van der Waals surface area contributed by atoms with E-state index in [0.29, 0.717) is 24.3 Å². The Balaban J connectivity index is 1.78. The third kappa shape index (κ3) is 5.23. The van der Waals surface area contributed by atoms with E-state index in [9.17, 15) is 19.5 Å². The zero-order chi connectivity index (χ0) is 29.2. The van der Waals surface area contributed by atoms with Gasteiger partial charge in [-0.15, -0.1) is 24.9 Å². The summed E-state index contributed by atoms with van der Waals surface area (Å²) in [4.78, 5) is 45.6. The van der Waals surface area contributed by atoms with Crippen molar-refractivity contribution >= 4 is 51.2 Å². The molecular formula is C30H39BrN2O6S. The number of likely N-dealkylation sites (tertiary alicyclic amines) is 1. The summed E-state index contributed by atoms with van der Waals surface area (Å²) in [7, 11) is 1.58. The number of allylic oxidation sites excluding steroid dienone is 1. The summed E-state index contributed by atoms with van der Waals surface area (Å²) >= 11 is 5.34. The smallest absolute Gasteiger partial charge is 0.310 e. The van der Waals surface area contributed by atoms with Gasteiger partial charge in [0.05, 0.1) is 42.9 Å². The van der Waals surface area contributed by atoms with Crippen LogP contribution in [0.2, 0.25) is 0 Å². The number of carbonyl (C=O) groups excluding carboxylic acids is 3. The van der Waals surface area contributed by atoms with Crippen molar-refractivity contribution in [1.82, 2.24) is 4.90 Å². The lowest BCUT2D eigenvalue weighted by Crippen LogP contribution is -2.59. The fraction of sp³-hybridized carbons (Fsp3) is 0.567. The molecule has 0 aliphatic carbocycles. The highest BCUT2D eigenvalue weighted by molar-refractivity contribution is 9.09. The van der Waals surface area contributed by atoms with Crippen LogP contribution in [-0.4, -0.2) is 81.6 Å². The molecule has 3 saturated heterocycles. The van der Waals surface area contributed by atoms with Gasteiger partial charge in [0.2, 0.25) is 5.91 Å². The maximum absolute atomic E-state index is 14.7. The molecule has 218 valence electrons. The van der Waals surface area contributed by atoms with E-state index < -0.39 is 34.6 Å². The molecule has 2 bridgehead atoms. The molecule has 3 aliphatic rings. The fourth-order valence-electron chi connectivity index (χ4n) is 6.45. The van der Waals surface area contributed by atoms with Gasteiger partial charge in [0.15, 0.2) is 0 Å². The first kappa shape index (κ1) is 30.7. The second kappa shape index (κ2) is 12.7. The highest BCUT2D eigenvalue weighted by Gasteiger charge is 2.76. The number of alkyl halides is 1. The number of halogens is 1. The van der Waals surface area contributed by atoms with Crippen LogP contribution in [0.1, 0.15) is 33.1 Å². The SMILES string of the molecule is C=CCCCOC(=O)[C@H]1[C@H]2C(=O)N([C@@H](CO)C(C)C)C(C(=O)N(CC=C)c3ccc(OC)cc3)C23CC(Br)[C@@H]1S3. The molecule has 0 radical (unpaired) electrons. The third-order valence-electron chi connectivity index (χ3n) is 8.31. The minimum Gasteiger partial charge on any atom is -0.497 e. The number of hydrogen-bond donors (Lipinski definition) is 1. The van der Waals surface area contributed by atoms with Crippen LogP contribution in [0.25, 0.3) is 0 Å². The molecule has 1 N–H and O–H groups in total. The molecule has 40 heavy (non-hydrogen) atoms. The number of anilines is 1. The van der Waals surface area contributed by atoms with Gasteiger partial charge in [-0.2, -0.15) is 0 Å². The van der Waals surface area contributed by atoms with Crippen molar-refractivity contribution in [2.24, 2.45) is 17.8 Å². The lowest BCUT2D eigenvalue weighted by Gasteiger charge is -2.40. The summed E-state index contributed by atoms with van der Waals surface area (Å²) in [6.07, 6.45) is 5.36. The van der Waals surface area contributed by atoms with Crippen molar-refractivity contribution in [2.45, 2.75) is 60.0 Å². The molecule has 0 saturated carbocycles. The van der Waals surface area contributed by atoms with E-state index >= 15 is 0 Å². The molecule has 1 aromatic carbocycles. The number of fused-ring (bicyclic) bond motifs is 1. The maximum atomic E-state index is 14.7. The van der Waals surface area contributed by atoms with Gasteiger partial charge in [-0.3, -0.25) is 14.4 Å². The van der Waals surface area contributed by atoms with Gasteiger partial charge in [-0.05, 0) is 49.4 Å². The van der Waals surface area contributed by atoms with Gasteiger partial charge < -0.3 is 24.4 Å². The van der Waals surface area contributed by atoms with Crippen LogP contribution in [0, 0.1) is 17.8 Å². The molecule has 1 spiro atoms. The topological polar surface area (TPSA) is 96.4 Å². The Morgan fingerprint density at radius 2 is 1.98 bits per heavy atom. The molecule has 3 unspecified atom stereocenters. The standard InChI is InChI=1S/C30H39BrN2O6S/c1-6-8-9-15-39-29(37)23-24-27(35)33(22(17-34)18(3)4)26(30(24)16-21(31)25(23)40-30)28(36)32(14-7-2)19-10-12-20(38-5)13-11-19/h6-7,10-13,18,21-26,34H,1-2,8-9,14-17H2,3-5H3/t21?,22-,23-,24-,25-,26?,30?/m0/s1. The number of methoxy groups -OCH3 is 1. The molecule has 2 amide bonds. The van der Waals surface area contributed by atoms with E-state index in [1.807, 2.05) is 13.8 Å². The van der Waals surface area contributed by atoms with Crippen molar-refractivity contribution in [1.29, 1.82) is 0 Å². The number of thioether (sulfide) groups is 1. The molecule has 3 aliphatic heterocycles. The molecule has 3 fully saturated rings. The van der Waals surface area contributed by atoms with Gasteiger partial charge in [0, 0.05) is 22.3 Å². The number of ether oxygens (including phenoxy) is 2. The number of nitrogens with zero attached hydrogens (tertiary/aromatic N) is 2. The third-order valence-corrected chi connectivity index (χ3v) is 11.5. The van der Waals surface area contributed by atoms with Crippen LogP contribution < -0.4 is 9.64 Å². The Kier molecular flexibility index (Phi) is 9.73. The number of hydrogen-bond acceptors (Lipinski definition) is 7. The number of unbranched alkanes of at least 4 members (excludes halogenated alkanes) is 1. The van der Waals surface area contributed by atoms with Gasteiger partial charge in [-0.25, -0.2) is 0 Å². The van der Waals surface area contributed by atoms with Crippen LogP contribution in [-0.2, 0) is 19.1 Å². The fourth-order valence-corrected chi connectivity index (χ4v) is 10.0. The largest absolute Gasteiger partial charge is 0.497 e. The number of carbonyl (C=O) groups is 3. The first-order chi connectivity index (χ1) is 19.2. The van der Waals surface area contributed by atoms with Crippen LogP contribution >= 0.6 is 27.7 Å². The molecule has 8 nitrogen and oxygen atoms in total. The first-order valence-corrected chi connectivity index (χ1v) is 15.5. The molecule has 7 atom stereocenters. The predicted molar refractivity (Wildman–Crippen MR) is 161 cm³/mol. The van der Waals surface area contributed by atoms with Crippen molar-refractivity contribution in [3.8, 4) is 5.75 Å². The first-order valence-electron chi connectivity index (χ1n) is 13.8. The maximum Gasteiger partial charge on any atom is 0.310 e. The van der Waals surface area contributed by atoms with E-state index in [0.717, 1.165) is 6.42 Å². The Morgan fingerprint density at radius 3 is 2.55 bits per heavy atom. The number of benzene rings is 1. The molecular weight excluding hydrogens is 596 g/mol. The van der Waals surface area contributed by atoms with Crippen LogP contribution in [0.3, 0.4) is 0 Å². The van der Waals surface area contributed by atoms with E-state index in [4.69, 9.17) is 9.47 Å². The van der Waals surface area contributed by atoms with E-state index in [1.54, 1.807) is 65.1 Å². The molecule has 3 heterocycles. The number of aliphatic hydroxyl groups is 1. The number of rotatable bonds is 13. The normalized spacial score (nSPS) is 29.3. The van der Waals surface area contributed by atoms with E-state index in [1.165, 1.54) is 0 Å². The summed E-state index contributed by atoms with van der Waals surface area (Å²) in [6, 6.07) is 5.72. The minimum atomic E-state index is -0.875. The highest BCUT2D eigenvalue weighted by Crippen LogP contribution is 2.68. The quantitative estimate of drug-likeness (QED) is 0.150. The molecule has 0 aromatic heterocycles. The summed E-state index contributed by atoms with van der Waals surface area (Å²) in [5.74, 6) is -1.77. The average molecular weight is 636 g/mol. The van der Waals surface area contributed by atoms with Gasteiger partial charge in [-0.1, -0.05) is 41.9 Å². The van der Waals surface area contributed by atoms with Crippen LogP contribution in [0.5, 0.6) is 5.75 Å². The summed E-state index contributed by atoms with van der Waals surface area (Å²) in [5.41, 5.74) is 0.647. The molecule has 10 heteroatoms. The summed E-state index contributed by atoms with van der Waals surface area (Å²) < 4.78 is 10.1. The zero-order valence-electron chi connectivity index (χ0n) is 23.3. The molecule has 4 rings (SSSR count). The number of amides is 2. The van der Waals surface area contributed by atoms with Crippen molar-refractivity contribution in [3.63, 3.8) is 0 Å². The Hall–Kier alpha value is -2.30.